The molecule has 0 unspecified atom stereocenters. The van der Waals surface area contributed by atoms with Crippen molar-refractivity contribution in [3.05, 3.63) is 35.4 Å². The summed E-state index contributed by atoms with van der Waals surface area (Å²) in [5.74, 6) is -4.09. The number of rotatable bonds is 9. The van der Waals surface area contributed by atoms with Crippen LogP contribution in [0.1, 0.15) is 80.1 Å². The molecule has 2 nitrogen and oxygen atoms in total. The largest absolute Gasteiger partial charge is 0.455 e. The number of esters is 1. The summed E-state index contributed by atoms with van der Waals surface area (Å²) in [6.07, 6.45) is 5.92. The molecule has 2 rings (SSSR count). The molecule has 0 amide bonds. The van der Waals surface area contributed by atoms with E-state index in [2.05, 4.69) is 11.7 Å². The van der Waals surface area contributed by atoms with Crippen LogP contribution in [0.5, 0.6) is 0 Å². The Morgan fingerprint density at radius 2 is 1.74 bits per heavy atom. The molecule has 1 aromatic rings. The average molecular weight is 388 g/mol. The van der Waals surface area contributed by atoms with Crippen molar-refractivity contribution in [3.8, 4) is 0 Å². The van der Waals surface area contributed by atoms with Gasteiger partial charge in [-0.15, -0.1) is 0 Å². The summed E-state index contributed by atoms with van der Waals surface area (Å²) in [6.45, 7) is 0.591. The van der Waals surface area contributed by atoms with Crippen molar-refractivity contribution >= 4 is 5.97 Å². The molecule has 0 heterocycles. The highest BCUT2D eigenvalue weighted by Gasteiger charge is 2.42. The molecule has 27 heavy (non-hydrogen) atoms. The van der Waals surface area contributed by atoms with E-state index in [0.717, 1.165) is 24.3 Å². The van der Waals surface area contributed by atoms with Crippen molar-refractivity contribution in [2.45, 2.75) is 76.6 Å². The molecule has 1 saturated carbocycles. The second kappa shape index (κ2) is 10.1. The number of halogens is 4. The van der Waals surface area contributed by atoms with Gasteiger partial charge in [0, 0.05) is 0 Å². The van der Waals surface area contributed by atoms with Crippen molar-refractivity contribution in [2.24, 2.45) is 5.92 Å². The van der Waals surface area contributed by atoms with Crippen LogP contribution in [0, 0.1) is 5.92 Å². The first kappa shape index (κ1) is 21.7. The maximum Gasteiger partial charge on any atom is 0.340 e. The van der Waals surface area contributed by atoms with E-state index in [4.69, 9.17) is 0 Å². The van der Waals surface area contributed by atoms with Gasteiger partial charge in [0.05, 0.1) is 5.56 Å². The Labute approximate surface area is 158 Å². The molecular weight excluding hydrogens is 360 g/mol. The van der Waals surface area contributed by atoms with E-state index in [9.17, 15) is 22.4 Å². The van der Waals surface area contributed by atoms with E-state index in [-0.39, 0.29) is 5.56 Å². The summed E-state index contributed by atoms with van der Waals surface area (Å²) in [4.78, 5) is 11.8. The van der Waals surface area contributed by atoms with E-state index in [1.807, 2.05) is 12.1 Å². The van der Waals surface area contributed by atoms with E-state index in [0.29, 0.717) is 5.92 Å². The molecule has 0 aliphatic heterocycles. The fourth-order valence-corrected chi connectivity index (χ4v) is 3.67. The zero-order valence-electron chi connectivity index (χ0n) is 15.7. The highest BCUT2D eigenvalue weighted by Crippen LogP contribution is 2.37. The summed E-state index contributed by atoms with van der Waals surface area (Å²) in [5.41, 5.74) is 1.22. The zero-order valence-corrected chi connectivity index (χ0v) is 15.7. The Morgan fingerprint density at radius 1 is 1.11 bits per heavy atom. The summed E-state index contributed by atoms with van der Waals surface area (Å²) in [7, 11) is 0. The van der Waals surface area contributed by atoms with Crippen molar-refractivity contribution in [2.75, 3.05) is 6.61 Å². The Bertz CT molecular complexity index is 578. The van der Waals surface area contributed by atoms with Gasteiger partial charge in [-0.1, -0.05) is 44.7 Å². The standard InChI is InChI=1S/C21H28F4O2/c1-2-3-4-5-15-6-8-16(9-7-15)17-10-12-18(13-11-17)19(26)27-14-21(24,25)20(22)23/h10-13,15-16,20H,2-9,14H2,1H3. The van der Waals surface area contributed by atoms with Gasteiger partial charge in [-0.05, 0) is 55.2 Å². The molecule has 1 aliphatic rings. The van der Waals surface area contributed by atoms with Crippen LogP contribution in [0.2, 0.25) is 0 Å². The lowest BCUT2D eigenvalue weighted by Crippen LogP contribution is -2.33. The molecular formula is C21H28F4O2. The number of unbranched alkanes of at least 4 members (excludes halogenated alkanes) is 2. The van der Waals surface area contributed by atoms with Crippen molar-refractivity contribution in [3.63, 3.8) is 0 Å². The minimum Gasteiger partial charge on any atom is -0.455 e. The number of hydrogen-bond donors (Lipinski definition) is 0. The van der Waals surface area contributed by atoms with Gasteiger partial charge in [0.2, 0.25) is 0 Å². The van der Waals surface area contributed by atoms with E-state index >= 15 is 0 Å². The molecule has 6 heteroatoms. The number of carbonyl (C=O) groups is 1. The Hall–Kier alpha value is -1.59. The topological polar surface area (TPSA) is 26.3 Å². The van der Waals surface area contributed by atoms with Gasteiger partial charge >= 0.3 is 18.3 Å². The second-order valence-electron chi connectivity index (χ2n) is 7.47. The van der Waals surface area contributed by atoms with Crippen molar-refractivity contribution < 1.29 is 27.1 Å². The van der Waals surface area contributed by atoms with Crippen LogP contribution >= 0.6 is 0 Å². The van der Waals surface area contributed by atoms with Crippen LogP contribution in [-0.2, 0) is 4.74 Å². The number of benzene rings is 1. The van der Waals surface area contributed by atoms with Gasteiger partial charge in [-0.25, -0.2) is 13.6 Å². The molecule has 0 radical (unpaired) electrons. The van der Waals surface area contributed by atoms with Crippen LogP contribution in [0.25, 0.3) is 0 Å². The monoisotopic (exact) mass is 388 g/mol. The molecule has 0 saturated heterocycles. The van der Waals surface area contributed by atoms with Crippen LogP contribution in [-0.4, -0.2) is 24.9 Å². The molecule has 0 bridgehead atoms. The molecule has 152 valence electrons. The number of alkyl halides is 4. The third kappa shape index (κ3) is 6.51. The lowest BCUT2D eigenvalue weighted by atomic mass is 9.77. The minimum atomic E-state index is -4.33. The number of carbonyl (C=O) groups excluding carboxylic acids is 1. The van der Waals surface area contributed by atoms with Gasteiger partial charge in [-0.2, -0.15) is 8.78 Å². The minimum absolute atomic E-state index is 0.0945. The van der Waals surface area contributed by atoms with Gasteiger partial charge in [0.15, 0.2) is 6.61 Å². The SMILES string of the molecule is CCCCCC1CCC(c2ccc(C(=O)OCC(F)(F)C(F)F)cc2)CC1. The second-order valence-corrected chi connectivity index (χ2v) is 7.47. The highest BCUT2D eigenvalue weighted by molar-refractivity contribution is 5.89. The molecule has 0 atom stereocenters. The number of ether oxygens (including phenoxy) is 1. The van der Waals surface area contributed by atoms with Crippen molar-refractivity contribution in [1.82, 2.24) is 0 Å². The lowest BCUT2D eigenvalue weighted by Gasteiger charge is -2.29. The third-order valence-electron chi connectivity index (χ3n) is 5.40. The summed E-state index contributed by atoms with van der Waals surface area (Å²) in [5, 5.41) is 0. The maximum absolute atomic E-state index is 12.8. The first-order chi connectivity index (χ1) is 12.8. The van der Waals surface area contributed by atoms with Gasteiger partial charge < -0.3 is 4.74 Å². The van der Waals surface area contributed by atoms with Crippen LogP contribution in [0.4, 0.5) is 17.6 Å². The molecule has 1 aliphatic carbocycles. The van der Waals surface area contributed by atoms with Crippen LogP contribution in [0.15, 0.2) is 24.3 Å². The molecule has 1 aromatic carbocycles. The van der Waals surface area contributed by atoms with E-state index in [1.54, 1.807) is 0 Å². The summed E-state index contributed by atoms with van der Waals surface area (Å²) in [6, 6.07) is 6.66. The number of hydrogen-bond acceptors (Lipinski definition) is 2. The van der Waals surface area contributed by atoms with Gasteiger partial charge in [-0.3, -0.25) is 0 Å². The van der Waals surface area contributed by atoms with Crippen molar-refractivity contribution in [1.29, 1.82) is 0 Å². The Kier molecular flexibility index (Phi) is 8.11. The third-order valence-corrected chi connectivity index (χ3v) is 5.40. The average Bonchev–Trinajstić information content (AvgIpc) is 2.67. The van der Waals surface area contributed by atoms with E-state index in [1.165, 1.54) is 50.7 Å². The predicted molar refractivity (Wildman–Crippen MR) is 96.5 cm³/mol. The first-order valence-corrected chi connectivity index (χ1v) is 9.76. The normalized spacial score (nSPS) is 20.7. The Morgan fingerprint density at radius 3 is 2.30 bits per heavy atom. The molecule has 0 N–H and O–H groups in total. The lowest BCUT2D eigenvalue weighted by molar-refractivity contribution is -0.155. The van der Waals surface area contributed by atoms with Crippen LogP contribution in [0.3, 0.4) is 0 Å². The zero-order chi connectivity index (χ0) is 19.9. The highest BCUT2D eigenvalue weighted by atomic mass is 19.3. The fourth-order valence-electron chi connectivity index (χ4n) is 3.67. The predicted octanol–water partition coefficient (Wildman–Crippen LogP) is 6.60. The summed E-state index contributed by atoms with van der Waals surface area (Å²) >= 11 is 0. The smallest absolute Gasteiger partial charge is 0.340 e. The fraction of sp³-hybridized carbons (Fsp3) is 0.667. The van der Waals surface area contributed by atoms with Crippen LogP contribution < -0.4 is 0 Å². The molecule has 1 fully saturated rings. The molecule has 0 spiro atoms. The summed E-state index contributed by atoms with van der Waals surface area (Å²) < 4.78 is 54.2. The van der Waals surface area contributed by atoms with E-state index < -0.39 is 24.9 Å². The Balaban J connectivity index is 1.82. The van der Waals surface area contributed by atoms with Gasteiger partial charge in [0.1, 0.15) is 0 Å². The van der Waals surface area contributed by atoms with Gasteiger partial charge in [0.25, 0.3) is 0 Å². The molecule has 0 aromatic heterocycles. The first-order valence-electron chi connectivity index (χ1n) is 9.76. The maximum atomic E-state index is 12.8. The quantitative estimate of drug-likeness (QED) is 0.271.